The van der Waals surface area contributed by atoms with E-state index in [1.165, 1.54) is 3.57 Å². The lowest BCUT2D eigenvalue weighted by Gasteiger charge is -2.14. The van der Waals surface area contributed by atoms with Crippen LogP contribution in [0.3, 0.4) is 0 Å². The van der Waals surface area contributed by atoms with Crippen LogP contribution in [0.5, 0.6) is 0 Å². The predicted molar refractivity (Wildman–Crippen MR) is 93.7 cm³/mol. The van der Waals surface area contributed by atoms with Crippen LogP contribution in [0.2, 0.25) is 5.02 Å². The summed E-state index contributed by atoms with van der Waals surface area (Å²) in [5.41, 5.74) is 3.96. The highest BCUT2D eigenvalue weighted by Crippen LogP contribution is 2.39. The SMILES string of the molecule is O=C1Cc2cc(C(Br)c3ccc(I)cc3)c(Cl)cc2N1. The highest BCUT2D eigenvalue weighted by molar-refractivity contribution is 14.1. The standard InChI is InChI=1S/C15H10BrClINO/c16-15(8-1-3-10(18)4-2-8)11-5-9-6-14(20)19-13(9)7-12(11)17/h1-5,7,15H,6H2,(H,19,20). The second kappa shape index (κ2) is 5.66. The molecular weight excluding hydrogens is 452 g/mol. The lowest BCUT2D eigenvalue weighted by atomic mass is 10.0. The summed E-state index contributed by atoms with van der Waals surface area (Å²) in [5, 5.41) is 3.47. The van der Waals surface area contributed by atoms with Crippen LogP contribution in [0, 0.1) is 3.57 Å². The second-order valence-electron chi connectivity index (χ2n) is 4.67. The number of carbonyl (C=O) groups is 1. The molecule has 0 aromatic heterocycles. The number of carbonyl (C=O) groups excluding carboxylic acids is 1. The molecule has 2 aromatic rings. The van der Waals surface area contributed by atoms with Gasteiger partial charge in [0.05, 0.1) is 11.2 Å². The maximum absolute atomic E-state index is 11.4. The normalized spacial score (nSPS) is 14.8. The Labute approximate surface area is 144 Å². The van der Waals surface area contributed by atoms with E-state index in [9.17, 15) is 4.79 Å². The van der Waals surface area contributed by atoms with Crippen LogP contribution >= 0.6 is 50.1 Å². The molecule has 1 aliphatic heterocycles. The van der Waals surface area contributed by atoms with E-state index in [2.05, 4.69) is 68.1 Å². The molecule has 0 bridgehead atoms. The molecule has 1 atom stereocenters. The zero-order valence-corrected chi connectivity index (χ0v) is 14.8. The molecule has 102 valence electrons. The van der Waals surface area contributed by atoms with Crippen molar-refractivity contribution in [3.8, 4) is 0 Å². The van der Waals surface area contributed by atoms with Crippen LogP contribution < -0.4 is 5.32 Å². The van der Waals surface area contributed by atoms with Crippen molar-refractivity contribution in [1.29, 1.82) is 0 Å². The Kier molecular flexibility index (Phi) is 4.06. The lowest BCUT2D eigenvalue weighted by Crippen LogP contribution is -2.03. The van der Waals surface area contributed by atoms with Gasteiger partial charge in [0.2, 0.25) is 5.91 Å². The van der Waals surface area contributed by atoms with E-state index in [1.54, 1.807) is 0 Å². The van der Waals surface area contributed by atoms with E-state index < -0.39 is 0 Å². The molecule has 0 spiro atoms. The van der Waals surface area contributed by atoms with Crippen molar-refractivity contribution >= 4 is 61.7 Å². The molecule has 20 heavy (non-hydrogen) atoms. The highest BCUT2D eigenvalue weighted by Gasteiger charge is 2.22. The maximum atomic E-state index is 11.4. The smallest absolute Gasteiger partial charge is 0.228 e. The van der Waals surface area contributed by atoms with E-state index in [0.717, 1.165) is 22.4 Å². The van der Waals surface area contributed by atoms with E-state index >= 15 is 0 Å². The number of benzene rings is 2. The number of amides is 1. The van der Waals surface area contributed by atoms with Gasteiger partial charge in [0, 0.05) is 14.3 Å². The second-order valence-corrected chi connectivity index (χ2v) is 7.24. The molecule has 2 aromatic carbocycles. The van der Waals surface area contributed by atoms with Gasteiger partial charge in [-0.2, -0.15) is 0 Å². The number of rotatable bonds is 2. The molecule has 1 heterocycles. The molecule has 5 heteroatoms. The Balaban J connectivity index is 2.00. The quantitative estimate of drug-likeness (QED) is 0.498. The number of hydrogen-bond donors (Lipinski definition) is 1. The molecule has 2 nitrogen and oxygen atoms in total. The van der Waals surface area contributed by atoms with Crippen molar-refractivity contribution in [3.05, 3.63) is 61.7 Å². The van der Waals surface area contributed by atoms with Gasteiger partial charge in [0.1, 0.15) is 0 Å². The first-order chi connectivity index (χ1) is 9.54. The fourth-order valence-electron chi connectivity index (χ4n) is 2.27. The van der Waals surface area contributed by atoms with Gasteiger partial charge in [-0.1, -0.05) is 45.7 Å². The summed E-state index contributed by atoms with van der Waals surface area (Å²) in [6.45, 7) is 0. The molecule has 0 fully saturated rings. The van der Waals surface area contributed by atoms with E-state index in [1.807, 2.05) is 12.1 Å². The Morgan fingerprint density at radius 2 is 1.95 bits per heavy atom. The lowest BCUT2D eigenvalue weighted by molar-refractivity contribution is -0.115. The number of nitrogens with one attached hydrogen (secondary N) is 1. The van der Waals surface area contributed by atoms with Crippen molar-refractivity contribution in [3.63, 3.8) is 0 Å². The molecule has 1 amide bonds. The van der Waals surface area contributed by atoms with Crippen molar-refractivity contribution in [2.75, 3.05) is 5.32 Å². The van der Waals surface area contributed by atoms with Crippen molar-refractivity contribution in [2.45, 2.75) is 11.2 Å². The number of hydrogen-bond acceptors (Lipinski definition) is 1. The zero-order valence-electron chi connectivity index (χ0n) is 10.3. The molecule has 1 N–H and O–H groups in total. The first-order valence-electron chi connectivity index (χ1n) is 6.06. The van der Waals surface area contributed by atoms with Gasteiger partial charge in [-0.25, -0.2) is 0 Å². The first-order valence-corrected chi connectivity index (χ1v) is 8.43. The van der Waals surface area contributed by atoms with Gasteiger partial charge in [-0.3, -0.25) is 4.79 Å². The summed E-state index contributed by atoms with van der Waals surface area (Å²) in [7, 11) is 0. The summed E-state index contributed by atoms with van der Waals surface area (Å²) in [4.78, 5) is 11.5. The van der Waals surface area contributed by atoms with Crippen LogP contribution in [-0.4, -0.2) is 5.91 Å². The fourth-order valence-corrected chi connectivity index (χ4v) is 3.72. The van der Waals surface area contributed by atoms with Gasteiger partial charge in [0.15, 0.2) is 0 Å². The Morgan fingerprint density at radius 3 is 2.65 bits per heavy atom. The average Bonchev–Trinajstić information content (AvgIpc) is 2.77. The molecular formula is C15H10BrClINO. The largest absolute Gasteiger partial charge is 0.325 e. The summed E-state index contributed by atoms with van der Waals surface area (Å²) in [6, 6.07) is 12.1. The fraction of sp³-hybridized carbons (Fsp3) is 0.133. The Hall–Kier alpha value is -0.590. The minimum Gasteiger partial charge on any atom is -0.325 e. The first kappa shape index (κ1) is 14.4. The highest BCUT2D eigenvalue weighted by atomic mass is 127. The maximum Gasteiger partial charge on any atom is 0.228 e. The topological polar surface area (TPSA) is 29.1 Å². The van der Waals surface area contributed by atoms with Crippen LogP contribution in [0.4, 0.5) is 5.69 Å². The van der Waals surface area contributed by atoms with E-state index in [-0.39, 0.29) is 10.7 Å². The van der Waals surface area contributed by atoms with Crippen molar-refractivity contribution < 1.29 is 4.79 Å². The number of fused-ring (bicyclic) bond motifs is 1. The third-order valence-corrected chi connectivity index (χ3v) is 5.35. The minimum atomic E-state index is 0.0213. The van der Waals surface area contributed by atoms with Crippen LogP contribution in [-0.2, 0) is 11.2 Å². The van der Waals surface area contributed by atoms with E-state index in [0.29, 0.717) is 11.4 Å². The average molecular weight is 463 g/mol. The summed E-state index contributed by atoms with van der Waals surface area (Å²) in [5.74, 6) is 0.0219. The zero-order chi connectivity index (χ0) is 14.3. The molecule has 0 saturated heterocycles. The third kappa shape index (κ3) is 2.73. The Bertz CT molecular complexity index is 687. The van der Waals surface area contributed by atoms with E-state index in [4.69, 9.17) is 11.6 Å². The van der Waals surface area contributed by atoms with Gasteiger partial charge >= 0.3 is 0 Å². The monoisotopic (exact) mass is 461 g/mol. The van der Waals surface area contributed by atoms with Crippen LogP contribution in [0.25, 0.3) is 0 Å². The number of alkyl halides is 1. The van der Waals surface area contributed by atoms with Gasteiger partial charge < -0.3 is 5.32 Å². The number of halogens is 3. The molecule has 0 saturated carbocycles. The summed E-state index contributed by atoms with van der Waals surface area (Å²) < 4.78 is 1.20. The van der Waals surface area contributed by atoms with Crippen molar-refractivity contribution in [1.82, 2.24) is 0 Å². The van der Waals surface area contributed by atoms with Gasteiger partial charge in [-0.05, 0) is 57.5 Å². The molecule has 1 aliphatic rings. The molecule has 0 radical (unpaired) electrons. The van der Waals surface area contributed by atoms with Crippen LogP contribution in [0.1, 0.15) is 21.5 Å². The van der Waals surface area contributed by atoms with Gasteiger partial charge in [0.25, 0.3) is 0 Å². The summed E-state index contributed by atoms with van der Waals surface area (Å²) in [6.07, 6.45) is 0.423. The van der Waals surface area contributed by atoms with Crippen LogP contribution in [0.15, 0.2) is 36.4 Å². The van der Waals surface area contributed by atoms with Gasteiger partial charge in [-0.15, -0.1) is 0 Å². The minimum absolute atomic E-state index is 0.0213. The third-order valence-electron chi connectivity index (χ3n) is 3.28. The number of anilines is 1. The Morgan fingerprint density at radius 1 is 1.25 bits per heavy atom. The predicted octanol–water partition coefficient (Wildman–Crippen LogP) is 4.92. The molecule has 3 rings (SSSR count). The van der Waals surface area contributed by atoms with Crippen molar-refractivity contribution in [2.24, 2.45) is 0 Å². The molecule has 1 unspecified atom stereocenters. The molecule has 0 aliphatic carbocycles. The summed E-state index contributed by atoms with van der Waals surface area (Å²) >= 11 is 12.3.